The van der Waals surface area contributed by atoms with Crippen LogP contribution in [0.15, 0.2) is 29.3 Å². The van der Waals surface area contributed by atoms with E-state index in [0.29, 0.717) is 6.04 Å². The molecule has 2 rings (SSSR count). The lowest BCUT2D eigenvalue weighted by Crippen LogP contribution is -2.20. The van der Waals surface area contributed by atoms with Gasteiger partial charge in [0.15, 0.2) is 0 Å². The first-order valence-corrected chi connectivity index (χ1v) is 4.37. The number of aromatic hydroxyl groups is 1. The molecule has 68 valence electrons. The fourth-order valence-electron chi connectivity index (χ4n) is 1.39. The molecule has 1 unspecified atom stereocenters. The molecule has 0 aromatic heterocycles. The summed E-state index contributed by atoms with van der Waals surface area (Å²) in [6, 6.07) is 7.45. The van der Waals surface area contributed by atoms with Crippen molar-refractivity contribution in [3.05, 3.63) is 29.8 Å². The quantitative estimate of drug-likeness (QED) is 0.673. The molecule has 1 atom stereocenters. The van der Waals surface area contributed by atoms with Crippen LogP contribution in [0, 0.1) is 0 Å². The van der Waals surface area contributed by atoms with Crippen molar-refractivity contribution in [2.24, 2.45) is 4.99 Å². The van der Waals surface area contributed by atoms with Crippen LogP contribution in [0.4, 0.5) is 0 Å². The maximum Gasteiger partial charge on any atom is 0.128 e. The molecule has 0 amide bonds. The Morgan fingerprint density at radius 1 is 1.54 bits per heavy atom. The summed E-state index contributed by atoms with van der Waals surface area (Å²) in [5.41, 5.74) is 0.948. The van der Waals surface area contributed by atoms with Gasteiger partial charge >= 0.3 is 0 Å². The Balaban J connectivity index is 2.31. The summed E-state index contributed by atoms with van der Waals surface area (Å²) in [6.07, 6.45) is 0. The normalized spacial score (nSPS) is 21.0. The minimum absolute atomic E-state index is 0.279. The molecular weight excluding hydrogens is 164 g/mol. The standard InChI is InChI=1S/C10H12N2O/c1-7-6-11-10(12-7)8-3-2-4-9(13)5-8/h2-5,7,13H,6H2,1H3,(H,11,12). The Bertz CT molecular complexity index is 347. The SMILES string of the molecule is CC1CNC(c2cccc(O)c2)=N1. The number of rotatable bonds is 1. The first-order valence-electron chi connectivity index (χ1n) is 4.37. The Labute approximate surface area is 77.1 Å². The van der Waals surface area contributed by atoms with Crippen LogP contribution in [-0.2, 0) is 0 Å². The Morgan fingerprint density at radius 2 is 2.38 bits per heavy atom. The lowest BCUT2D eigenvalue weighted by Gasteiger charge is -2.01. The number of benzene rings is 1. The number of phenolic OH excluding ortho intramolecular Hbond substituents is 1. The fraction of sp³-hybridized carbons (Fsp3) is 0.300. The van der Waals surface area contributed by atoms with Crippen molar-refractivity contribution in [1.82, 2.24) is 5.32 Å². The predicted molar refractivity (Wildman–Crippen MR) is 52.1 cm³/mol. The van der Waals surface area contributed by atoms with Crippen molar-refractivity contribution in [2.45, 2.75) is 13.0 Å². The van der Waals surface area contributed by atoms with Gasteiger partial charge in [0.1, 0.15) is 11.6 Å². The highest BCUT2D eigenvalue weighted by molar-refractivity contribution is 6.00. The van der Waals surface area contributed by atoms with E-state index in [9.17, 15) is 5.11 Å². The zero-order valence-electron chi connectivity index (χ0n) is 7.49. The molecule has 1 aliphatic rings. The molecule has 0 bridgehead atoms. The van der Waals surface area contributed by atoms with Crippen molar-refractivity contribution in [3.8, 4) is 5.75 Å². The molecule has 0 saturated heterocycles. The summed E-state index contributed by atoms with van der Waals surface area (Å²) in [5.74, 6) is 1.16. The molecule has 1 aromatic carbocycles. The zero-order valence-corrected chi connectivity index (χ0v) is 7.49. The largest absolute Gasteiger partial charge is 0.508 e. The molecular formula is C10H12N2O. The average molecular weight is 176 g/mol. The summed E-state index contributed by atoms with van der Waals surface area (Å²) >= 11 is 0. The van der Waals surface area contributed by atoms with Crippen LogP contribution in [-0.4, -0.2) is 23.5 Å². The molecule has 0 radical (unpaired) electrons. The minimum atomic E-state index is 0.279. The molecule has 2 N–H and O–H groups in total. The minimum Gasteiger partial charge on any atom is -0.508 e. The van der Waals surface area contributed by atoms with Gasteiger partial charge in [-0.1, -0.05) is 12.1 Å². The molecule has 1 heterocycles. The third kappa shape index (κ3) is 1.64. The van der Waals surface area contributed by atoms with Crippen molar-refractivity contribution >= 4 is 5.84 Å². The van der Waals surface area contributed by atoms with Gasteiger partial charge in [0.05, 0.1) is 6.04 Å². The lowest BCUT2D eigenvalue weighted by atomic mass is 10.2. The molecule has 1 aliphatic heterocycles. The van der Waals surface area contributed by atoms with Crippen LogP contribution >= 0.6 is 0 Å². The van der Waals surface area contributed by atoms with E-state index in [4.69, 9.17) is 0 Å². The van der Waals surface area contributed by atoms with Gasteiger partial charge in [-0.3, -0.25) is 4.99 Å². The van der Waals surface area contributed by atoms with Crippen LogP contribution in [0.3, 0.4) is 0 Å². The van der Waals surface area contributed by atoms with E-state index in [0.717, 1.165) is 17.9 Å². The smallest absolute Gasteiger partial charge is 0.128 e. The molecule has 0 fully saturated rings. The van der Waals surface area contributed by atoms with Gasteiger partial charge in [0, 0.05) is 12.1 Å². The predicted octanol–water partition coefficient (Wildman–Crippen LogP) is 1.13. The van der Waals surface area contributed by atoms with Crippen LogP contribution in [0.2, 0.25) is 0 Å². The molecule has 3 nitrogen and oxygen atoms in total. The summed E-state index contributed by atoms with van der Waals surface area (Å²) in [4.78, 5) is 4.39. The topological polar surface area (TPSA) is 44.6 Å². The van der Waals surface area contributed by atoms with E-state index in [1.165, 1.54) is 0 Å². The number of amidine groups is 1. The zero-order chi connectivity index (χ0) is 9.26. The Hall–Kier alpha value is -1.51. The van der Waals surface area contributed by atoms with E-state index in [1.54, 1.807) is 12.1 Å². The third-order valence-corrected chi connectivity index (χ3v) is 2.03. The van der Waals surface area contributed by atoms with Gasteiger partial charge in [-0.25, -0.2) is 0 Å². The van der Waals surface area contributed by atoms with E-state index in [-0.39, 0.29) is 5.75 Å². The number of nitrogens with one attached hydrogen (secondary N) is 1. The van der Waals surface area contributed by atoms with E-state index in [2.05, 4.69) is 17.2 Å². The second-order valence-corrected chi connectivity index (χ2v) is 3.26. The Kier molecular flexibility index (Phi) is 1.93. The van der Waals surface area contributed by atoms with Crippen molar-refractivity contribution in [3.63, 3.8) is 0 Å². The van der Waals surface area contributed by atoms with Gasteiger partial charge < -0.3 is 10.4 Å². The van der Waals surface area contributed by atoms with Gasteiger partial charge in [-0.15, -0.1) is 0 Å². The van der Waals surface area contributed by atoms with Crippen LogP contribution in [0.5, 0.6) is 5.75 Å². The molecule has 0 saturated carbocycles. The first kappa shape index (κ1) is 8.10. The van der Waals surface area contributed by atoms with Crippen LogP contribution < -0.4 is 5.32 Å². The van der Waals surface area contributed by atoms with Crippen LogP contribution in [0.1, 0.15) is 12.5 Å². The maximum atomic E-state index is 9.26. The summed E-state index contributed by atoms with van der Waals surface area (Å²) < 4.78 is 0. The summed E-state index contributed by atoms with van der Waals surface area (Å²) in [6.45, 7) is 2.94. The summed E-state index contributed by atoms with van der Waals surface area (Å²) in [7, 11) is 0. The molecule has 13 heavy (non-hydrogen) atoms. The lowest BCUT2D eigenvalue weighted by molar-refractivity contribution is 0.475. The van der Waals surface area contributed by atoms with Gasteiger partial charge in [0.25, 0.3) is 0 Å². The number of phenols is 1. The molecule has 0 spiro atoms. The fourth-order valence-corrected chi connectivity index (χ4v) is 1.39. The third-order valence-electron chi connectivity index (χ3n) is 2.03. The highest BCUT2D eigenvalue weighted by atomic mass is 16.3. The number of hydrogen-bond acceptors (Lipinski definition) is 3. The number of aliphatic imine (C=N–C) groups is 1. The maximum absolute atomic E-state index is 9.26. The highest BCUT2D eigenvalue weighted by Crippen LogP contribution is 2.13. The number of hydrogen-bond donors (Lipinski definition) is 2. The van der Waals surface area contributed by atoms with Gasteiger partial charge in [0.2, 0.25) is 0 Å². The first-order chi connectivity index (χ1) is 6.25. The molecule has 0 aliphatic carbocycles. The van der Waals surface area contributed by atoms with Crippen molar-refractivity contribution in [1.29, 1.82) is 0 Å². The monoisotopic (exact) mass is 176 g/mol. The van der Waals surface area contributed by atoms with Crippen LogP contribution in [0.25, 0.3) is 0 Å². The second-order valence-electron chi connectivity index (χ2n) is 3.26. The molecule has 3 heteroatoms. The number of nitrogens with zero attached hydrogens (tertiary/aromatic N) is 1. The van der Waals surface area contributed by atoms with Crippen molar-refractivity contribution in [2.75, 3.05) is 6.54 Å². The van der Waals surface area contributed by atoms with Gasteiger partial charge in [-0.05, 0) is 19.1 Å². The van der Waals surface area contributed by atoms with Crippen molar-refractivity contribution < 1.29 is 5.11 Å². The highest BCUT2D eigenvalue weighted by Gasteiger charge is 2.13. The van der Waals surface area contributed by atoms with E-state index in [1.807, 2.05) is 12.1 Å². The van der Waals surface area contributed by atoms with Gasteiger partial charge in [-0.2, -0.15) is 0 Å². The molecule has 1 aromatic rings. The Morgan fingerprint density at radius 3 is 3.00 bits per heavy atom. The van der Waals surface area contributed by atoms with E-state index >= 15 is 0 Å². The average Bonchev–Trinajstić information content (AvgIpc) is 2.52. The summed E-state index contributed by atoms with van der Waals surface area (Å²) in [5, 5.41) is 12.4. The van der Waals surface area contributed by atoms with E-state index < -0.39 is 0 Å². The second kappa shape index (κ2) is 3.09.